The second kappa shape index (κ2) is 6.38. The minimum Gasteiger partial charge on any atom is -0.396 e. The molecule has 0 atom stereocenters. The lowest BCUT2D eigenvalue weighted by Crippen LogP contribution is -2.34. The van der Waals surface area contributed by atoms with E-state index in [1.54, 1.807) is 12.1 Å². The van der Waals surface area contributed by atoms with E-state index in [9.17, 15) is 5.11 Å². The van der Waals surface area contributed by atoms with Crippen molar-refractivity contribution in [2.45, 2.75) is 32.2 Å². The van der Waals surface area contributed by atoms with E-state index >= 15 is 0 Å². The Hall–Kier alpha value is -1.08. The molecule has 0 spiro atoms. The van der Waals surface area contributed by atoms with Crippen LogP contribution in [0.15, 0.2) is 18.2 Å². The molecule has 1 aromatic rings. The van der Waals surface area contributed by atoms with Gasteiger partial charge in [0.05, 0.1) is 11.6 Å². The van der Waals surface area contributed by atoms with E-state index in [1.807, 2.05) is 6.07 Å². The average molecular weight is 279 g/mol. The third-order valence-corrected chi connectivity index (χ3v) is 4.35. The summed E-state index contributed by atoms with van der Waals surface area (Å²) >= 11 is 6.13. The number of rotatable bonds is 5. The molecule has 1 aromatic carbocycles. The lowest BCUT2D eigenvalue weighted by atomic mass is 9.87. The molecule has 0 heterocycles. The van der Waals surface area contributed by atoms with E-state index in [1.165, 1.54) is 12.8 Å². The topological polar surface area (TPSA) is 56.0 Å². The molecule has 1 aliphatic rings. The molecule has 1 fully saturated rings. The van der Waals surface area contributed by atoms with Crippen LogP contribution >= 0.6 is 11.6 Å². The lowest BCUT2D eigenvalue weighted by Gasteiger charge is -2.26. The van der Waals surface area contributed by atoms with Crippen molar-refractivity contribution in [1.29, 1.82) is 5.26 Å². The molecular weight excluding hydrogens is 260 g/mol. The summed E-state index contributed by atoms with van der Waals surface area (Å²) in [5, 5.41) is 22.3. The minimum absolute atomic E-state index is 0.0546. The van der Waals surface area contributed by atoms with Crippen LogP contribution in [-0.2, 0) is 6.54 Å². The van der Waals surface area contributed by atoms with Crippen molar-refractivity contribution in [2.24, 2.45) is 5.41 Å². The maximum absolute atomic E-state index is 9.53. The van der Waals surface area contributed by atoms with Crippen LogP contribution in [0.25, 0.3) is 0 Å². The summed E-state index contributed by atoms with van der Waals surface area (Å²) in [4.78, 5) is 0. The number of benzene rings is 1. The molecule has 1 aliphatic carbocycles. The predicted molar refractivity (Wildman–Crippen MR) is 75.9 cm³/mol. The summed E-state index contributed by atoms with van der Waals surface area (Å²) in [5.74, 6) is 0. The Balaban J connectivity index is 1.91. The number of hydrogen-bond donors (Lipinski definition) is 2. The number of nitrogens with one attached hydrogen (secondary N) is 1. The van der Waals surface area contributed by atoms with Crippen LogP contribution in [0.2, 0.25) is 5.02 Å². The molecule has 2 rings (SSSR count). The Bertz CT molecular complexity index is 476. The fourth-order valence-electron chi connectivity index (χ4n) is 2.74. The van der Waals surface area contributed by atoms with E-state index in [-0.39, 0.29) is 12.0 Å². The standard InChI is InChI=1S/C15H19ClN2O/c16-14-7-12(8-17)3-4-13(14)9-18-10-15(11-19)5-1-2-6-15/h3-4,7,18-19H,1-2,5-6,9-11H2. The van der Waals surface area contributed by atoms with Gasteiger partial charge in [-0.25, -0.2) is 0 Å². The van der Waals surface area contributed by atoms with Crippen molar-refractivity contribution in [1.82, 2.24) is 5.32 Å². The number of nitrogens with zero attached hydrogens (tertiary/aromatic N) is 1. The van der Waals surface area contributed by atoms with Crippen LogP contribution in [0.5, 0.6) is 0 Å². The molecule has 102 valence electrons. The molecule has 0 aliphatic heterocycles. The monoisotopic (exact) mass is 278 g/mol. The van der Waals surface area contributed by atoms with Crippen LogP contribution in [0.3, 0.4) is 0 Å². The fraction of sp³-hybridized carbons (Fsp3) is 0.533. The van der Waals surface area contributed by atoms with Gasteiger partial charge >= 0.3 is 0 Å². The minimum atomic E-state index is 0.0546. The quantitative estimate of drug-likeness (QED) is 0.871. The van der Waals surface area contributed by atoms with E-state index in [4.69, 9.17) is 16.9 Å². The van der Waals surface area contributed by atoms with Gasteiger partial charge in [0.2, 0.25) is 0 Å². The van der Waals surface area contributed by atoms with Crippen LogP contribution in [0.1, 0.15) is 36.8 Å². The van der Waals surface area contributed by atoms with Crippen molar-refractivity contribution < 1.29 is 5.11 Å². The Morgan fingerprint density at radius 2 is 2.11 bits per heavy atom. The fourth-order valence-corrected chi connectivity index (χ4v) is 2.99. The van der Waals surface area contributed by atoms with Gasteiger partial charge in [-0.05, 0) is 30.5 Å². The Labute approximate surface area is 119 Å². The van der Waals surface area contributed by atoms with Gasteiger partial charge in [0.15, 0.2) is 0 Å². The van der Waals surface area contributed by atoms with E-state index < -0.39 is 0 Å². The van der Waals surface area contributed by atoms with Crippen molar-refractivity contribution >= 4 is 11.6 Å². The summed E-state index contributed by atoms with van der Waals surface area (Å²) in [6, 6.07) is 7.42. The van der Waals surface area contributed by atoms with Gasteiger partial charge in [0, 0.05) is 30.1 Å². The highest BCUT2D eigenvalue weighted by Gasteiger charge is 2.32. The number of aliphatic hydroxyl groups excluding tert-OH is 1. The van der Waals surface area contributed by atoms with Crippen LogP contribution in [-0.4, -0.2) is 18.3 Å². The summed E-state index contributed by atoms with van der Waals surface area (Å²) in [6.45, 7) is 1.74. The smallest absolute Gasteiger partial charge is 0.0992 e. The normalized spacial score (nSPS) is 17.3. The maximum Gasteiger partial charge on any atom is 0.0992 e. The van der Waals surface area contributed by atoms with Crippen LogP contribution < -0.4 is 5.32 Å². The molecule has 0 aromatic heterocycles. The summed E-state index contributed by atoms with van der Waals surface area (Å²) in [6.07, 6.45) is 4.61. The number of nitriles is 1. The Morgan fingerprint density at radius 1 is 1.37 bits per heavy atom. The van der Waals surface area contributed by atoms with Crippen molar-refractivity contribution in [3.05, 3.63) is 34.3 Å². The summed E-state index contributed by atoms with van der Waals surface area (Å²) in [5.41, 5.74) is 1.63. The molecular formula is C15H19ClN2O. The number of aliphatic hydroxyl groups is 1. The molecule has 0 saturated heterocycles. The maximum atomic E-state index is 9.53. The molecule has 0 unspecified atom stereocenters. The molecule has 0 bridgehead atoms. The molecule has 3 nitrogen and oxygen atoms in total. The van der Waals surface area contributed by atoms with Crippen LogP contribution in [0, 0.1) is 16.7 Å². The molecule has 1 saturated carbocycles. The number of hydrogen-bond acceptors (Lipinski definition) is 3. The first-order valence-electron chi connectivity index (χ1n) is 6.69. The van der Waals surface area contributed by atoms with Crippen molar-refractivity contribution in [3.8, 4) is 6.07 Å². The summed E-state index contributed by atoms with van der Waals surface area (Å²) < 4.78 is 0. The molecule has 0 radical (unpaired) electrons. The SMILES string of the molecule is N#Cc1ccc(CNCC2(CO)CCCC2)c(Cl)c1. The van der Waals surface area contributed by atoms with Gasteiger partial charge in [-0.2, -0.15) is 5.26 Å². The molecule has 19 heavy (non-hydrogen) atoms. The zero-order valence-corrected chi connectivity index (χ0v) is 11.7. The highest BCUT2D eigenvalue weighted by molar-refractivity contribution is 6.31. The number of halogens is 1. The summed E-state index contributed by atoms with van der Waals surface area (Å²) in [7, 11) is 0. The highest BCUT2D eigenvalue weighted by atomic mass is 35.5. The zero-order chi connectivity index (χ0) is 13.7. The van der Waals surface area contributed by atoms with Gasteiger partial charge in [-0.3, -0.25) is 0 Å². The lowest BCUT2D eigenvalue weighted by molar-refractivity contribution is 0.128. The zero-order valence-electron chi connectivity index (χ0n) is 11.0. The van der Waals surface area contributed by atoms with Gasteiger partial charge < -0.3 is 10.4 Å². The molecule has 4 heteroatoms. The molecule has 0 amide bonds. The van der Waals surface area contributed by atoms with Gasteiger partial charge in [-0.15, -0.1) is 0 Å². The van der Waals surface area contributed by atoms with Crippen LogP contribution in [0.4, 0.5) is 0 Å². The Morgan fingerprint density at radius 3 is 2.68 bits per heavy atom. The largest absolute Gasteiger partial charge is 0.396 e. The van der Waals surface area contributed by atoms with Gasteiger partial charge in [0.25, 0.3) is 0 Å². The predicted octanol–water partition coefficient (Wildman–Crippen LogP) is 2.85. The van der Waals surface area contributed by atoms with E-state index in [2.05, 4.69) is 11.4 Å². The second-order valence-electron chi connectivity index (χ2n) is 5.39. The second-order valence-corrected chi connectivity index (χ2v) is 5.79. The Kier molecular flexibility index (Phi) is 4.81. The average Bonchev–Trinajstić information content (AvgIpc) is 2.90. The van der Waals surface area contributed by atoms with Gasteiger partial charge in [0.1, 0.15) is 0 Å². The van der Waals surface area contributed by atoms with Crippen molar-refractivity contribution in [3.63, 3.8) is 0 Å². The third-order valence-electron chi connectivity index (χ3n) is 4.00. The van der Waals surface area contributed by atoms with E-state index in [0.717, 1.165) is 24.9 Å². The first-order valence-corrected chi connectivity index (χ1v) is 7.07. The van der Waals surface area contributed by atoms with Crippen molar-refractivity contribution in [2.75, 3.05) is 13.2 Å². The van der Waals surface area contributed by atoms with E-state index in [0.29, 0.717) is 17.1 Å². The van der Waals surface area contributed by atoms with Gasteiger partial charge in [-0.1, -0.05) is 30.5 Å². The molecule has 2 N–H and O–H groups in total. The highest BCUT2D eigenvalue weighted by Crippen LogP contribution is 2.37. The third kappa shape index (κ3) is 3.48. The first-order chi connectivity index (χ1) is 9.19. The first kappa shape index (κ1) is 14.3.